The number of ether oxygens (including phenoxy) is 1. The maximum Gasteiger partial charge on any atom is 0.339 e. The van der Waals surface area contributed by atoms with Crippen molar-refractivity contribution in [1.29, 1.82) is 0 Å². The summed E-state index contributed by atoms with van der Waals surface area (Å²) in [6.07, 6.45) is 1.54. The smallest absolute Gasteiger partial charge is 0.339 e. The van der Waals surface area contributed by atoms with Crippen LogP contribution >= 0.6 is 43.6 Å². The van der Waals surface area contributed by atoms with Gasteiger partial charge in [-0.25, -0.2) is 4.99 Å². The fourth-order valence-electron chi connectivity index (χ4n) is 3.35. The highest BCUT2D eigenvalue weighted by Crippen LogP contribution is 2.40. The van der Waals surface area contributed by atoms with Crippen molar-refractivity contribution in [2.45, 2.75) is 11.8 Å². The second-order valence-corrected chi connectivity index (χ2v) is 12.2. The van der Waals surface area contributed by atoms with E-state index in [1.807, 2.05) is 0 Å². The highest BCUT2D eigenvalue weighted by molar-refractivity contribution is 9.11. The first kappa shape index (κ1) is 30.2. The standard InChI is InChI=1S/C24H16Br2N4O9S2/c1-2-38-20-10-13(9-18(26)22(20)39-41(36,37)16-6-3-14(4-7-16)29(32)33)11-21-23(31)28-24(40-21)27-19-8-5-15(30(34)35)12-17(19)25/h3-12H,2H2,1H3,(H,27,28,31)/b21-11+. The lowest BCUT2D eigenvalue weighted by Gasteiger charge is -2.14. The zero-order valence-electron chi connectivity index (χ0n) is 20.6. The van der Waals surface area contributed by atoms with Crippen LogP contribution in [0.25, 0.3) is 6.08 Å². The molecule has 0 unspecified atom stereocenters. The van der Waals surface area contributed by atoms with E-state index in [0.29, 0.717) is 15.7 Å². The molecule has 0 radical (unpaired) electrons. The van der Waals surface area contributed by atoms with Gasteiger partial charge in [-0.15, -0.1) is 0 Å². The predicted octanol–water partition coefficient (Wildman–Crippen LogP) is 6.09. The molecule has 3 aromatic rings. The molecule has 212 valence electrons. The number of amidine groups is 1. The van der Waals surface area contributed by atoms with Gasteiger partial charge < -0.3 is 14.2 Å². The van der Waals surface area contributed by atoms with Crippen molar-refractivity contribution < 1.29 is 32.0 Å². The van der Waals surface area contributed by atoms with Crippen molar-refractivity contribution in [3.8, 4) is 11.5 Å². The number of amides is 1. The number of thioether (sulfide) groups is 1. The molecule has 13 nitrogen and oxygen atoms in total. The second-order valence-electron chi connectivity index (χ2n) is 7.93. The third-order valence-electron chi connectivity index (χ3n) is 5.17. The van der Waals surface area contributed by atoms with Crippen LogP contribution in [-0.4, -0.2) is 35.9 Å². The highest BCUT2D eigenvalue weighted by Gasteiger charge is 2.26. The third kappa shape index (κ3) is 7.10. The number of carbonyl (C=O) groups excluding carboxylic acids is 1. The van der Waals surface area contributed by atoms with Crippen LogP contribution in [0.5, 0.6) is 11.5 Å². The topological polar surface area (TPSA) is 180 Å². The van der Waals surface area contributed by atoms with Gasteiger partial charge in [-0.05, 0) is 92.5 Å². The van der Waals surface area contributed by atoms with Gasteiger partial charge >= 0.3 is 10.1 Å². The van der Waals surface area contributed by atoms with Crippen LogP contribution in [0.3, 0.4) is 0 Å². The number of nitro groups is 2. The van der Waals surface area contributed by atoms with Crippen molar-refractivity contribution in [2.24, 2.45) is 4.99 Å². The Morgan fingerprint density at radius 2 is 1.66 bits per heavy atom. The zero-order valence-corrected chi connectivity index (χ0v) is 25.4. The van der Waals surface area contributed by atoms with Crippen LogP contribution in [-0.2, 0) is 14.9 Å². The van der Waals surface area contributed by atoms with Crippen LogP contribution in [0.15, 0.2) is 78.3 Å². The van der Waals surface area contributed by atoms with Crippen molar-refractivity contribution in [3.63, 3.8) is 0 Å². The summed E-state index contributed by atoms with van der Waals surface area (Å²) < 4.78 is 37.2. The zero-order chi connectivity index (χ0) is 29.9. The van der Waals surface area contributed by atoms with Crippen LogP contribution in [0.4, 0.5) is 17.1 Å². The summed E-state index contributed by atoms with van der Waals surface area (Å²) >= 11 is 7.57. The Balaban J connectivity index is 1.61. The van der Waals surface area contributed by atoms with Gasteiger partial charge in [0.05, 0.1) is 36.0 Å². The van der Waals surface area contributed by atoms with Crippen molar-refractivity contribution in [3.05, 3.63) is 94.2 Å². The molecule has 1 saturated heterocycles. The lowest BCUT2D eigenvalue weighted by atomic mass is 10.2. The predicted molar refractivity (Wildman–Crippen MR) is 158 cm³/mol. The van der Waals surface area contributed by atoms with Crippen molar-refractivity contribution in [1.82, 2.24) is 5.32 Å². The number of rotatable bonds is 9. The molecule has 1 aliphatic heterocycles. The van der Waals surface area contributed by atoms with E-state index in [4.69, 9.17) is 8.92 Å². The van der Waals surface area contributed by atoms with E-state index >= 15 is 0 Å². The Hall–Kier alpha value is -3.80. The van der Waals surface area contributed by atoms with E-state index in [-0.39, 0.29) is 48.9 Å². The summed E-state index contributed by atoms with van der Waals surface area (Å²) in [6, 6.07) is 11.3. The number of nitrogens with one attached hydrogen (secondary N) is 1. The molecule has 1 N–H and O–H groups in total. The van der Waals surface area contributed by atoms with E-state index in [1.54, 1.807) is 6.92 Å². The number of non-ortho nitro benzene ring substituents is 2. The van der Waals surface area contributed by atoms with Gasteiger partial charge in [0.15, 0.2) is 16.7 Å². The van der Waals surface area contributed by atoms with E-state index in [9.17, 15) is 33.4 Å². The number of nitro benzene ring substituents is 2. The number of aliphatic imine (C=N–C) groups is 1. The molecular formula is C24H16Br2N4O9S2. The first-order valence-electron chi connectivity index (χ1n) is 11.3. The summed E-state index contributed by atoms with van der Waals surface area (Å²) in [5, 5.41) is 24.7. The van der Waals surface area contributed by atoms with Gasteiger partial charge in [0.2, 0.25) is 0 Å². The minimum absolute atomic E-state index is 0.0614. The number of benzene rings is 3. The normalized spacial score (nSPS) is 15.1. The monoisotopic (exact) mass is 726 g/mol. The Labute approximate surface area is 253 Å². The fourth-order valence-corrected chi connectivity index (χ4v) is 6.24. The Morgan fingerprint density at radius 1 is 1.00 bits per heavy atom. The van der Waals surface area contributed by atoms with Gasteiger partial charge in [0.25, 0.3) is 17.3 Å². The molecule has 1 fully saturated rings. The molecule has 0 atom stereocenters. The first-order valence-corrected chi connectivity index (χ1v) is 15.1. The molecule has 0 aromatic heterocycles. The Morgan fingerprint density at radius 3 is 2.27 bits per heavy atom. The lowest BCUT2D eigenvalue weighted by Crippen LogP contribution is -2.19. The van der Waals surface area contributed by atoms with Crippen LogP contribution in [0, 0.1) is 20.2 Å². The molecule has 0 bridgehead atoms. The largest absolute Gasteiger partial charge is 0.490 e. The summed E-state index contributed by atoms with van der Waals surface area (Å²) in [7, 11) is -4.38. The lowest BCUT2D eigenvalue weighted by molar-refractivity contribution is -0.385. The van der Waals surface area contributed by atoms with Crippen LogP contribution in [0.2, 0.25) is 0 Å². The number of hydrogen-bond acceptors (Lipinski definition) is 11. The SMILES string of the molecule is CCOc1cc(/C=C2/SC(=Nc3ccc([N+](=O)[O-])cc3Br)NC2=O)cc(Br)c1OS(=O)(=O)c1ccc([N+](=O)[O-])cc1. The molecule has 1 heterocycles. The number of halogens is 2. The van der Waals surface area contributed by atoms with E-state index in [2.05, 4.69) is 42.2 Å². The summed E-state index contributed by atoms with van der Waals surface area (Å²) in [5.74, 6) is -0.533. The highest BCUT2D eigenvalue weighted by atomic mass is 79.9. The van der Waals surface area contributed by atoms with E-state index in [0.717, 1.165) is 36.0 Å². The molecule has 0 saturated carbocycles. The molecular weight excluding hydrogens is 712 g/mol. The van der Waals surface area contributed by atoms with Gasteiger partial charge in [-0.2, -0.15) is 8.42 Å². The van der Waals surface area contributed by atoms with Gasteiger partial charge in [-0.3, -0.25) is 25.0 Å². The average molecular weight is 728 g/mol. The van der Waals surface area contributed by atoms with E-state index < -0.39 is 25.9 Å². The number of hydrogen-bond donors (Lipinski definition) is 1. The third-order valence-corrected chi connectivity index (χ3v) is 8.54. The van der Waals surface area contributed by atoms with Crippen molar-refractivity contribution in [2.75, 3.05) is 6.61 Å². The van der Waals surface area contributed by atoms with Crippen LogP contribution < -0.4 is 14.2 Å². The Bertz CT molecular complexity index is 1740. The molecule has 17 heteroatoms. The minimum Gasteiger partial charge on any atom is -0.490 e. The summed E-state index contributed by atoms with van der Waals surface area (Å²) in [5.41, 5.74) is 0.445. The molecule has 0 aliphatic carbocycles. The average Bonchev–Trinajstić information content (AvgIpc) is 3.25. The maximum atomic E-state index is 12.9. The van der Waals surface area contributed by atoms with Gasteiger partial charge in [0.1, 0.15) is 4.90 Å². The Kier molecular flexibility index (Phi) is 9.11. The summed E-state index contributed by atoms with van der Waals surface area (Å²) in [4.78, 5) is 37.6. The quantitative estimate of drug-likeness (QED) is 0.117. The molecule has 1 aliphatic rings. The molecule has 4 rings (SSSR count). The number of nitrogens with zero attached hydrogens (tertiary/aromatic N) is 3. The molecule has 0 spiro atoms. The van der Waals surface area contributed by atoms with Gasteiger partial charge in [0, 0.05) is 24.3 Å². The van der Waals surface area contributed by atoms with Crippen LogP contribution in [0.1, 0.15) is 12.5 Å². The molecule has 3 aromatic carbocycles. The number of carbonyl (C=O) groups is 1. The molecule has 41 heavy (non-hydrogen) atoms. The fraction of sp³-hybridized carbons (Fsp3) is 0.0833. The minimum atomic E-state index is -4.38. The van der Waals surface area contributed by atoms with E-state index in [1.165, 1.54) is 36.4 Å². The summed E-state index contributed by atoms with van der Waals surface area (Å²) in [6.45, 7) is 1.85. The van der Waals surface area contributed by atoms with Gasteiger partial charge in [-0.1, -0.05) is 0 Å². The van der Waals surface area contributed by atoms with Crippen molar-refractivity contribution >= 4 is 88.0 Å². The second kappa shape index (κ2) is 12.4. The first-order chi connectivity index (χ1) is 19.4. The molecule has 1 amide bonds. The maximum absolute atomic E-state index is 12.9.